The molecular formula is C16H28S. The molecule has 0 aromatic heterocycles. The number of thioether (sulfide) groups is 1. The van der Waals surface area contributed by atoms with Gasteiger partial charge in [-0.05, 0) is 60.5 Å². The zero-order valence-electron chi connectivity index (χ0n) is 12.0. The van der Waals surface area contributed by atoms with Gasteiger partial charge in [-0.2, -0.15) is 11.8 Å². The van der Waals surface area contributed by atoms with Crippen LogP contribution in [0.4, 0.5) is 0 Å². The molecule has 3 aliphatic rings. The zero-order valence-corrected chi connectivity index (χ0v) is 12.8. The molecule has 1 heteroatoms. The van der Waals surface area contributed by atoms with Crippen LogP contribution in [0.15, 0.2) is 0 Å². The average Bonchev–Trinajstić information content (AvgIpc) is 2.60. The second-order valence-corrected chi connectivity index (χ2v) is 9.57. The Morgan fingerprint density at radius 1 is 0.882 bits per heavy atom. The van der Waals surface area contributed by atoms with E-state index in [2.05, 4.69) is 39.5 Å². The highest BCUT2D eigenvalue weighted by molar-refractivity contribution is 8.00. The molecule has 0 unspecified atom stereocenters. The Balaban J connectivity index is 1.98. The summed E-state index contributed by atoms with van der Waals surface area (Å²) in [6.07, 6.45) is 8.89. The predicted molar refractivity (Wildman–Crippen MR) is 77.4 cm³/mol. The van der Waals surface area contributed by atoms with E-state index in [1.807, 2.05) is 0 Å². The molecule has 0 amide bonds. The van der Waals surface area contributed by atoms with Crippen LogP contribution in [-0.2, 0) is 0 Å². The van der Waals surface area contributed by atoms with Crippen LogP contribution in [0.3, 0.4) is 0 Å². The Morgan fingerprint density at radius 2 is 1.65 bits per heavy atom. The topological polar surface area (TPSA) is 0 Å². The Kier molecular flexibility index (Phi) is 2.68. The molecule has 0 spiro atoms. The van der Waals surface area contributed by atoms with Gasteiger partial charge in [-0.15, -0.1) is 0 Å². The van der Waals surface area contributed by atoms with Crippen molar-refractivity contribution in [2.75, 3.05) is 5.75 Å². The van der Waals surface area contributed by atoms with Crippen molar-refractivity contribution in [1.29, 1.82) is 0 Å². The molecule has 98 valence electrons. The van der Waals surface area contributed by atoms with Gasteiger partial charge in [0.25, 0.3) is 0 Å². The summed E-state index contributed by atoms with van der Waals surface area (Å²) in [6, 6.07) is 0. The van der Waals surface area contributed by atoms with Gasteiger partial charge in [0, 0.05) is 4.75 Å². The Labute approximate surface area is 111 Å². The van der Waals surface area contributed by atoms with Crippen LogP contribution in [0, 0.1) is 22.7 Å². The molecule has 0 nitrogen and oxygen atoms in total. The fourth-order valence-electron chi connectivity index (χ4n) is 5.82. The van der Waals surface area contributed by atoms with Gasteiger partial charge in [0.2, 0.25) is 0 Å². The molecule has 1 saturated heterocycles. The lowest BCUT2D eigenvalue weighted by Crippen LogP contribution is -2.54. The van der Waals surface area contributed by atoms with Gasteiger partial charge in [0.1, 0.15) is 0 Å². The van der Waals surface area contributed by atoms with E-state index in [1.165, 1.54) is 44.3 Å². The largest absolute Gasteiger partial charge is 0.155 e. The molecule has 0 aromatic rings. The molecule has 3 fully saturated rings. The van der Waals surface area contributed by atoms with Crippen molar-refractivity contribution in [3.63, 3.8) is 0 Å². The lowest BCUT2D eigenvalue weighted by Gasteiger charge is -2.60. The molecule has 1 heterocycles. The first-order valence-corrected chi connectivity index (χ1v) is 8.51. The number of hydrogen-bond acceptors (Lipinski definition) is 1. The van der Waals surface area contributed by atoms with E-state index in [4.69, 9.17) is 0 Å². The van der Waals surface area contributed by atoms with Crippen LogP contribution in [0.25, 0.3) is 0 Å². The van der Waals surface area contributed by atoms with Crippen LogP contribution in [-0.4, -0.2) is 10.5 Å². The Morgan fingerprint density at radius 3 is 2.41 bits per heavy atom. The van der Waals surface area contributed by atoms with Gasteiger partial charge >= 0.3 is 0 Å². The van der Waals surface area contributed by atoms with Crippen molar-refractivity contribution in [1.82, 2.24) is 0 Å². The van der Waals surface area contributed by atoms with E-state index in [-0.39, 0.29) is 0 Å². The first-order valence-electron chi connectivity index (χ1n) is 7.52. The van der Waals surface area contributed by atoms with E-state index < -0.39 is 0 Å². The molecule has 0 N–H and O–H groups in total. The van der Waals surface area contributed by atoms with Crippen LogP contribution < -0.4 is 0 Å². The first-order chi connectivity index (χ1) is 7.89. The van der Waals surface area contributed by atoms with Crippen LogP contribution >= 0.6 is 11.8 Å². The standard InChI is InChI=1S/C16H28S/c1-14(2)8-5-9-15(3)12(14)6-10-16(4)13(15)7-11-17-16/h12-13H,5-11H2,1-4H3/t12-,13+,15-,16+/m0/s1. The highest BCUT2D eigenvalue weighted by Crippen LogP contribution is 2.67. The van der Waals surface area contributed by atoms with Gasteiger partial charge in [0.15, 0.2) is 0 Å². The maximum atomic E-state index is 2.65. The van der Waals surface area contributed by atoms with Crippen molar-refractivity contribution in [3.8, 4) is 0 Å². The molecule has 0 aromatic carbocycles. The van der Waals surface area contributed by atoms with Crippen molar-refractivity contribution in [3.05, 3.63) is 0 Å². The summed E-state index contributed by atoms with van der Waals surface area (Å²) < 4.78 is 0.624. The lowest BCUT2D eigenvalue weighted by molar-refractivity contribution is -0.0821. The number of hydrogen-bond donors (Lipinski definition) is 0. The molecule has 17 heavy (non-hydrogen) atoms. The minimum Gasteiger partial charge on any atom is -0.155 e. The van der Waals surface area contributed by atoms with Crippen LogP contribution in [0.1, 0.15) is 66.2 Å². The van der Waals surface area contributed by atoms with Gasteiger partial charge in [0.05, 0.1) is 0 Å². The third kappa shape index (κ3) is 1.64. The molecular weight excluding hydrogens is 224 g/mol. The molecule has 2 aliphatic carbocycles. The fraction of sp³-hybridized carbons (Fsp3) is 1.00. The van der Waals surface area contributed by atoms with E-state index in [9.17, 15) is 0 Å². The van der Waals surface area contributed by atoms with E-state index in [1.54, 1.807) is 0 Å². The second-order valence-electron chi connectivity index (χ2n) is 7.94. The summed E-state index contributed by atoms with van der Waals surface area (Å²) in [4.78, 5) is 0. The van der Waals surface area contributed by atoms with Gasteiger partial charge in [-0.25, -0.2) is 0 Å². The van der Waals surface area contributed by atoms with Crippen molar-refractivity contribution >= 4 is 11.8 Å². The van der Waals surface area contributed by atoms with Crippen LogP contribution in [0.2, 0.25) is 0 Å². The zero-order chi connectivity index (χ0) is 12.3. The van der Waals surface area contributed by atoms with Gasteiger partial charge < -0.3 is 0 Å². The minimum atomic E-state index is 0.599. The minimum absolute atomic E-state index is 0.599. The van der Waals surface area contributed by atoms with Gasteiger partial charge in [-0.3, -0.25) is 0 Å². The highest BCUT2D eigenvalue weighted by atomic mass is 32.2. The maximum Gasteiger partial charge on any atom is 0.0165 e. The molecule has 1 aliphatic heterocycles. The number of rotatable bonds is 0. The smallest absolute Gasteiger partial charge is 0.0165 e. The highest BCUT2D eigenvalue weighted by Gasteiger charge is 2.59. The summed E-state index contributed by atoms with van der Waals surface area (Å²) in [7, 11) is 0. The average molecular weight is 252 g/mol. The normalized spacial score (nSPS) is 52.9. The lowest BCUT2D eigenvalue weighted by atomic mass is 9.46. The predicted octanol–water partition coefficient (Wildman–Crippen LogP) is 5.12. The summed E-state index contributed by atoms with van der Waals surface area (Å²) in [5, 5.41) is 0. The fourth-order valence-corrected chi connectivity index (χ4v) is 7.49. The maximum absolute atomic E-state index is 2.65. The third-order valence-corrected chi connectivity index (χ3v) is 8.16. The molecule has 3 rings (SSSR count). The van der Waals surface area contributed by atoms with E-state index in [0.29, 0.717) is 15.6 Å². The van der Waals surface area contributed by atoms with Crippen molar-refractivity contribution in [2.24, 2.45) is 22.7 Å². The Hall–Kier alpha value is 0.350. The van der Waals surface area contributed by atoms with E-state index in [0.717, 1.165) is 11.8 Å². The summed E-state index contributed by atoms with van der Waals surface area (Å²) >= 11 is 2.28. The third-order valence-electron chi connectivity index (χ3n) is 6.58. The molecule has 0 radical (unpaired) electrons. The molecule has 2 saturated carbocycles. The monoisotopic (exact) mass is 252 g/mol. The Bertz CT molecular complexity index is 317. The van der Waals surface area contributed by atoms with Crippen LogP contribution in [0.5, 0.6) is 0 Å². The summed E-state index contributed by atoms with van der Waals surface area (Å²) in [5.41, 5.74) is 1.25. The SMILES string of the molecule is CC1(C)CCC[C@]2(C)[C@H]3CCS[C@]3(C)CC[C@@H]12. The van der Waals surface area contributed by atoms with Crippen molar-refractivity contribution < 1.29 is 0 Å². The number of fused-ring (bicyclic) bond motifs is 3. The van der Waals surface area contributed by atoms with Gasteiger partial charge in [-0.1, -0.05) is 34.1 Å². The molecule has 4 atom stereocenters. The van der Waals surface area contributed by atoms with Crippen molar-refractivity contribution in [2.45, 2.75) is 71.0 Å². The first kappa shape index (κ1) is 12.4. The summed E-state index contributed by atoms with van der Waals surface area (Å²) in [5.74, 6) is 3.41. The second kappa shape index (κ2) is 3.68. The quantitative estimate of drug-likeness (QED) is 0.576. The summed E-state index contributed by atoms with van der Waals surface area (Å²) in [6.45, 7) is 10.3. The molecule has 0 bridgehead atoms. The van der Waals surface area contributed by atoms with E-state index >= 15 is 0 Å².